The van der Waals surface area contributed by atoms with E-state index >= 15 is 0 Å². The molecule has 0 bridgehead atoms. The van der Waals surface area contributed by atoms with Crippen molar-refractivity contribution in [2.45, 2.75) is 24.4 Å². The van der Waals surface area contributed by atoms with E-state index in [2.05, 4.69) is 133 Å². The van der Waals surface area contributed by atoms with Gasteiger partial charge in [0.05, 0.1) is 9.52 Å². The Morgan fingerprint density at radius 1 is 0.559 bits per heavy atom. The predicted molar refractivity (Wildman–Crippen MR) is 150 cm³/mol. The molecule has 5 rings (SSSR count). The van der Waals surface area contributed by atoms with E-state index in [1.807, 2.05) is 0 Å². The lowest BCUT2D eigenvalue weighted by molar-refractivity contribution is 0.769. The van der Waals surface area contributed by atoms with Crippen molar-refractivity contribution in [3.63, 3.8) is 0 Å². The molecule has 5 aromatic rings. The number of hydrogen-bond acceptors (Lipinski definition) is 0. The predicted octanol–water partition coefficient (Wildman–Crippen LogP) is 5.83. The van der Waals surface area contributed by atoms with Crippen molar-refractivity contribution in [1.82, 2.24) is 0 Å². The van der Waals surface area contributed by atoms with E-state index in [4.69, 9.17) is 0 Å². The second-order valence-corrected chi connectivity index (χ2v) is 13.6. The van der Waals surface area contributed by atoms with Crippen LogP contribution in [-0.2, 0) is 6.42 Å². The molecule has 34 heavy (non-hydrogen) atoms. The molecule has 0 unspecified atom stereocenters. The highest BCUT2D eigenvalue weighted by Gasteiger charge is 2.28. The molecule has 0 aliphatic rings. The maximum atomic E-state index is 2.36. The van der Waals surface area contributed by atoms with Crippen molar-refractivity contribution >= 4 is 44.6 Å². The molecule has 0 saturated heterocycles. The third-order valence-electron chi connectivity index (χ3n) is 6.45. The summed E-state index contributed by atoms with van der Waals surface area (Å²) in [6.07, 6.45) is 3.59. The van der Waals surface area contributed by atoms with E-state index in [1.54, 1.807) is 0 Å². The first-order chi connectivity index (χ1) is 16.9. The molecule has 0 aliphatic carbocycles. The first-order valence-electron chi connectivity index (χ1n) is 12.1. The van der Waals surface area contributed by atoms with Crippen molar-refractivity contribution in [2.24, 2.45) is 0 Å². The first-order valence-corrected chi connectivity index (χ1v) is 14.8. The highest BCUT2D eigenvalue weighted by molar-refractivity contribution is 6.93. The van der Waals surface area contributed by atoms with Crippen LogP contribution in [0.1, 0.15) is 18.4 Å². The third kappa shape index (κ3) is 5.47. The Labute approximate surface area is 207 Å². The average molecular weight is 470 g/mol. The van der Waals surface area contributed by atoms with E-state index < -0.39 is 8.80 Å². The molecule has 0 N–H and O–H groups in total. The standard InChI is InChI=1S/C32H29Si2/c1-4-18-28(19-5-1)33-32(25-13-17-27-16-12-15-26-14-10-11-24-31(26)27)34(29-20-6-2-7-21-29)30-22-8-3-9-23-30/h1-12,14-16,18-24,32H,13,17,25H2/t32-/m1/s1. The van der Waals surface area contributed by atoms with Gasteiger partial charge in [0, 0.05) is 0 Å². The van der Waals surface area contributed by atoms with Crippen molar-refractivity contribution in [1.29, 1.82) is 0 Å². The fourth-order valence-electron chi connectivity index (χ4n) is 4.84. The summed E-state index contributed by atoms with van der Waals surface area (Å²) in [4.78, 5) is 0. The van der Waals surface area contributed by atoms with Gasteiger partial charge in [-0.15, -0.1) is 0 Å². The molecule has 0 aromatic heterocycles. The molecule has 2 heteroatoms. The van der Waals surface area contributed by atoms with Crippen molar-refractivity contribution in [2.75, 3.05) is 0 Å². The molecule has 165 valence electrons. The van der Waals surface area contributed by atoms with Gasteiger partial charge in [-0.25, -0.2) is 0 Å². The smallest absolute Gasteiger partial charge is 0.0642 e. The fraction of sp³-hybridized carbons (Fsp3) is 0.125. The van der Waals surface area contributed by atoms with Gasteiger partial charge in [0.25, 0.3) is 0 Å². The van der Waals surface area contributed by atoms with E-state index in [0.29, 0.717) is 5.16 Å². The summed E-state index contributed by atoms with van der Waals surface area (Å²) in [5.41, 5.74) is 1.48. The lowest BCUT2D eigenvalue weighted by Gasteiger charge is -2.26. The minimum Gasteiger partial charge on any atom is -0.0642 e. The largest absolute Gasteiger partial charge is 0.121 e. The first kappa shape index (κ1) is 22.6. The van der Waals surface area contributed by atoms with Crippen LogP contribution in [0, 0.1) is 0 Å². The monoisotopic (exact) mass is 469 g/mol. The van der Waals surface area contributed by atoms with Gasteiger partial charge in [-0.05, 0) is 34.3 Å². The SMILES string of the molecule is c1ccc([Si][C@@H](CCCc2cccc3ccccc23)[Si](c2ccccc2)c2ccccc2)cc1. The summed E-state index contributed by atoms with van der Waals surface area (Å²) in [6.45, 7) is 0. The number of fused-ring (bicyclic) bond motifs is 1. The van der Waals surface area contributed by atoms with Crippen LogP contribution in [0.25, 0.3) is 10.8 Å². The van der Waals surface area contributed by atoms with Gasteiger partial charge in [-0.2, -0.15) is 0 Å². The number of benzene rings is 5. The Hall–Kier alpha value is -3.21. The van der Waals surface area contributed by atoms with Crippen LogP contribution in [0.3, 0.4) is 0 Å². The van der Waals surface area contributed by atoms with Gasteiger partial charge in [-0.3, -0.25) is 0 Å². The molecule has 0 nitrogen and oxygen atoms in total. The second kappa shape index (κ2) is 11.3. The Bertz CT molecular complexity index is 1260. The molecule has 0 spiro atoms. The summed E-state index contributed by atoms with van der Waals surface area (Å²) in [5.74, 6) is 0. The molecule has 0 aliphatic heterocycles. The highest BCUT2D eigenvalue weighted by Crippen LogP contribution is 2.23. The molecule has 0 amide bonds. The van der Waals surface area contributed by atoms with Crippen LogP contribution in [0.5, 0.6) is 0 Å². The minimum absolute atomic E-state index is 0.659. The fourth-order valence-corrected chi connectivity index (χ4v) is 10.8. The minimum atomic E-state index is -0.919. The average Bonchev–Trinajstić information content (AvgIpc) is 2.91. The van der Waals surface area contributed by atoms with Crippen LogP contribution in [0.15, 0.2) is 133 Å². The van der Waals surface area contributed by atoms with Crippen LogP contribution in [0.2, 0.25) is 5.16 Å². The van der Waals surface area contributed by atoms with Gasteiger partial charge in [0.1, 0.15) is 8.80 Å². The molecule has 0 fully saturated rings. The van der Waals surface area contributed by atoms with Crippen LogP contribution >= 0.6 is 0 Å². The molecule has 3 radical (unpaired) electrons. The van der Waals surface area contributed by atoms with E-state index in [9.17, 15) is 0 Å². The normalized spacial score (nSPS) is 12.1. The number of rotatable bonds is 9. The summed E-state index contributed by atoms with van der Waals surface area (Å²) in [7, 11) is -0.0982. The Morgan fingerprint density at radius 3 is 1.79 bits per heavy atom. The summed E-state index contributed by atoms with van der Waals surface area (Å²) in [5, 5.41) is 7.94. The highest BCUT2D eigenvalue weighted by atomic mass is 28.3. The lowest BCUT2D eigenvalue weighted by atomic mass is 10.0. The van der Waals surface area contributed by atoms with E-state index in [-0.39, 0.29) is 0 Å². The number of hydrogen-bond donors (Lipinski definition) is 0. The quantitative estimate of drug-likeness (QED) is 0.238. The van der Waals surface area contributed by atoms with Crippen molar-refractivity contribution in [3.05, 3.63) is 139 Å². The Balaban J connectivity index is 1.44. The summed E-state index contributed by atoms with van der Waals surface area (Å²) < 4.78 is 0. The zero-order valence-corrected chi connectivity index (χ0v) is 21.4. The molecule has 0 saturated carbocycles. The van der Waals surface area contributed by atoms with Gasteiger partial charge in [0.15, 0.2) is 0 Å². The Kier molecular flexibility index (Phi) is 7.49. The van der Waals surface area contributed by atoms with Gasteiger partial charge >= 0.3 is 0 Å². The van der Waals surface area contributed by atoms with Crippen molar-refractivity contribution < 1.29 is 0 Å². The zero-order chi connectivity index (χ0) is 23.0. The van der Waals surface area contributed by atoms with E-state index in [0.717, 1.165) is 15.9 Å². The molecular formula is C32H29Si2. The van der Waals surface area contributed by atoms with Crippen LogP contribution in [0.4, 0.5) is 0 Å². The Morgan fingerprint density at radius 2 is 1.12 bits per heavy atom. The second-order valence-electron chi connectivity index (χ2n) is 8.74. The van der Waals surface area contributed by atoms with Crippen LogP contribution in [-0.4, -0.2) is 18.3 Å². The maximum Gasteiger partial charge on any atom is 0.121 e. The van der Waals surface area contributed by atoms with Gasteiger partial charge < -0.3 is 0 Å². The van der Waals surface area contributed by atoms with Crippen molar-refractivity contribution in [3.8, 4) is 0 Å². The summed E-state index contributed by atoms with van der Waals surface area (Å²) >= 11 is 0. The molecular weight excluding hydrogens is 441 g/mol. The topological polar surface area (TPSA) is 0 Å². The third-order valence-corrected chi connectivity index (χ3v) is 12.0. The molecule has 0 heterocycles. The number of aryl methyl sites for hydroxylation is 1. The van der Waals surface area contributed by atoms with Gasteiger partial charge in [-0.1, -0.05) is 155 Å². The zero-order valence-electron chi connectivity index (χ0n) is 19.4. The summed E-state index contributed by atoms with van der Waals surface area (Å²) in [6, 6.07) is 49.2. The lowest BCUT2D eigenvalue weighted by Crippen LogP contribution is -2.49. The van der Waals surface area contributed by atoms with Gasteiger partial charge in [0.2, 0.25) is 0 Å². The maximum absolute atomic E-state index is 2.36. The van der Waals surface area contributed by atoms with Crippen LogP contribution < -0.4 is 15.6 Å². The van der Waals surface area contributed by atoms with E-state index in [1.165, 1.54) is 44.7 Å². The molecule has 5 aromatic carbocycles. The molecule has 1 atom stereocenters.